The van der Waals surface area contributed by atoms with E-state index in [1.807, 2.05) is 61.5 Å². The summed E-state index contributed by atoms with van der Waals surface area (Å²) < 4.78 is 0. The molecule has 1 heterocycles. The Balaban J connectivity index is 1.98. The number of anilines is 1. The predicted octanol–water partition coefficient (Wildman–Crippen LogP) is 4.49. The Morgan fingerprint density at radius 3 is 2.62 bits per heavy atom. The molecule has 1 amide bonds. The van der Waals surface area contributed by atoms with Crippen molar-refractivity contribution < 1.29 is 4.79 Å². The minimum absolute atomic E-state index is 0.0453. The Labute approximate surface area is 128 Å². The van der Waals surface area contributed by atoms with Crippen LogP contribution in [0.15, 0.2) is 54.6 Å². The third-order valence-corrected chi connectivity index (χ3v) is 3.68. The van der Waals surface area contributed by atoms with Crippen molar-refractivity contribution in [2.24, 2.45) is 0 Å². The van der Waals surface area contributed by atoms with E-state index in [4.69, 9.17) is 11.6 Å². The summed E-state index contributed by atoms with van der Waals surface area (Å²) in [5.41, 5.74) is 2.37. The number of hydrogen-bond acceptors (Lipinski definition) is 1. The van der Waals surface area contributed by atoms with Crippen LogP contribution in [0.2, 0.25) is 5.02 Å². The van der Waals surface area contributed by atoms with Crippen molar-refractivity contribution in [3.05, 3.63) is 65.3 Å². The smallest absolute Gasteiger partial charge is 0.274 e. The molecule has 4 heteroatoms. The third-order valence-electron chi connectivity index (χ3n) is 3.44. The lowest BCUT2D eigenvalue weighted by Gasteiger charge is -2.20. The number of rotatable bonds is 3. The molecule has 21 heavy (non-hydrogen) atoms. The van der Waals surface area contributed by atoms with Gasteiger partial charge < -0.3 is 9.88 Å². The second-order valence-electron chi connectivity index (χ2n) is 4.80. The molecule has 0 atom stereocenters. The maximum absolute atomic E-state index is 12.7. The third kappa shape index (κ3) is 2.65. The summed E-state index contributed by atoms with van der Waals surface area (Å²) in [4.78, 5) is 17.6. The first kappa shape index (κ1) is 13.7. The van der Waals surface area contributed by atoms with Crippen LogP contribution in [-0.4, -0.2) is 17.4 Å². The van der Waals surface area contributed by atoms with Crippen molar-refractivity contribution in [2.75, 3.05) is 11.4 Å². The lowest BCUT2D eigenvalue weighted by Crippen LogP contribution is -2.30. The van der Waals surface area contributed by atoms with Gasteiger partial charge in [-0.1, -0.05) is 29.8 Å². The fraction of sp³-hybridized carbons (Fsp3) is 0.118. The highest BCUT2D eigenvalue weighted by Gasteiger charge is 2.17. The normalized spacial score (nSPS) is 10.8. The topological polar surface area (TPSA) is 36.1 Å². The Kier molecular flexibility index (Phi) is 3.67. The SMILES string of the molecule is CCN(C(=O)c1cc2cc(Cl)ccc2[nH]1)c1ccccc1. The average molecular weight is 299 g/mol. The number of carbonyl (C=O) groups is 1. The van der Waals surface area contributed by atoms with Gasteiger partial charge in [0.1, 0.15) is 5.69 Å². The van der Waals surface area contributed by atoms with Crippen molar-refractivity contribution in [1.82, 2.24) is 4.98 Å². The number of carbonyl (C=O) groups excluding carboxylic acids is 1. The molecule has 3 rings (SSSR count). The van der Waals surface area contributed by atoms with Gasteiger partial charge in [-0.05, 0) is 43.3 Å². The number of amides is 1. The van der Waals surface area contributed by atoms with E-state index in [1.165, 1.54) is 0 Å². The zero-order chi connectivity index (χ0) is 14.8. The van der Waals surface area contributed by atoms with Gasteiger partial charge in [-0.2, -0.15) is 0 Å². The van der Waals surface area contributed by atoms with Crippen molar-refractivity contribution in [1.29, 1.82) is 0 Å². The number of H-pyrrole nitrogens is 1. The molecule has 3 aromatic rings. The summed E-state index contributed by atoms with van der Waals surface area (Å²) in [6.45, 7) is 2.57. The molecule has 106 valence electrons. The fourth-order valence-corrected chi connectivity index (χ4v) is 2.60. The number of nitrogens with one attached hydrogen (secondary N) is 1. The number of aromatic nitrogens is 1. The van der Waals surface area contributed by atoms with Gasteiger partial charge in [0.15, 0.2) is 0 Å². The molecule has 0 spiro atoms. The maximum Gasteiger partial charge on any atom is 0.274 e. The Bertz CT molecular complexity index is 780. The van der Waals surface area contributed by atoms with E-state index in [1.54, 1.807) is 4.90 Å². The van der Waals surface area contributed by atoms with Crippen molar-refractivity contribution in [3.8, 4) is 0 Å². The van der Waals surface area contributed by atoms with Crippen LogP contribution in [0.4, 0.5) is 5.69 Å². The van der Waals surface area contributed by atoms with Gasteiger partial charge in [0, 0.05) is 28.2 Å². The van der Waals surface area contributed by atoms with Crippen molar-refractivity contribution in [2.45, 2.75) is 6.92 Å². The number of para-hydroxylation sites is 1. The Morgan fingerprint density at radius 1 is 1.14 bits per heavy atom. The zero-order valence-electron chi connectivity index (χ0n) is 11.6. The largest absolute Gasteiger partial charge is 0.351 e. The summed E-state index contributed by atoms with van der Waals surface area (Å²) >= 11 is 5.98. The standard InChI is InChI=1S/C17H15ClN2O/c1-2-20(14-6-4-3-5-7-14)17(21)16-11-12-10-13(18)8-9-15(12)19-16/h3-11,19H,2H2,1H3. The highest BCUT2D eigenvalue weighted by atomic mass is 35.5. The number of nitrogens with zero attached hydrogens (tertiary/aromatic N) is 1. The molecule has 0 radical (unpaired) electrons. The van der Waals surface area contributed by atoms with Crippen LogP contribution in [0, 0.1) is 0 Å². The van der Waals surface area contributed by atoms with Crippen LogP contribution in [0.25, 0.3) is 10.9 Å². The van der Waals surface area contributed by atoms with Crippen LogP contribution in [0.1, 0.15) is 17.4 Å². The molecule has 0 aliphatic rings. The molecule has 3 nitrogen and oxygen atoms in total. The number of benzene rings is 2. The maximum atomic E-state index is 12.7. The number of halogens is 1. The second-order valence-corrected chi connectivity index (χ2v) is 5.24. The molecule has 0 aliphatic carbocycles. The first-order chi connectivity index (χ1) is 10.2. The molecular formula is C17H15ClN2O. The number of hydrogen-bond donors (Lipinski definition) is 1. The summed E-state index contributed by atoms with van der Waals surface area (Å²) in [5.74, 6) is -0.0453. The van der Waals surface area contributed by atoms with E-state index < -0.39 is 0 Å². The molecule has 1 N–H and O–H groups in total. The molecule has 0 saturated heterocycles. The minimum atomic E-state index is -0.0453. The molecular weight excluding hydrogens is 284 g/mol. The van der Waals surface area contributed by atoms with Crippen LogP contribution in [0.3, 0.4) is 0 Å². The quantitative estimate of drug-likeness (QED) is 0.760. The molecule has 2 aromatic carbocycles. The molecule has 1 aromatic heterocycles. The van der Waals surface area contributed by atoms with E-state index in [-0.39, 0.29) is 5.91 Å². The molecule has 0 unspecified atom stereocenters. The molecule has 0 bridgehead atoms. The lowest BCUT2D eigenvalue weighted by atomic mass is 10.2. The fourth-order valence-electron chi connectivity index (χ4n) is 2.42. The molecule has 0 fully saturated rings. The van der Waals surface area contributed by atoms with E-state index in [2.05, 4.69) is 4.98 Å². The van der Waals surface area contributed by atoms with Crippen LogP contribution in [0.5, 0.6) is 0 Å². The monoisotopic (exact) mass is 298 g/mol. The van der Waals surface area contributed by atoms with Gasteiger partial charge >= 0.3 is 0 Å². The minimum Gasteiger partial charge on any atom is -0.351 e. The van der Waals surface area contributed by atoms with Crippen LogP contribution < -0.4 is 4.90 Å². The van der Waals surface area contributed by atoms with Gasteiger partial charge in [0.25, 0.3) is 5.91 Å². The first-order valence-corrected chi connectivity index (χ1v) is 7.22. The molecule has 0 saturated carbocycles. The van der Waals surface area contributed by atoms with Crippen molar-refractivity contribution >= 4 is 34.1 Å². The number of fused-ring (bicyclic) bond motifs is 1. The van der Waals surface area contributed by atoms with E-state index in [9.17, 15) is 4.79 Å². The Morgan fingerprint density at radius 2 is 1.90 bits per heavy atom. The second kappa shape index (κ2) is 5.62. The van der Waals surface area contributed by atoms with Gasteiger partial charge in [-0.3, -0.25) is 4.79 Å². The van der Waals surface area contributed by atoms with Gasteiger partial charge in [0.05, 0.1) is 0 Å². The van der Waals surface area contributed by atoms with E-state index >= 15 is 0 Å². The van der Waals surface area contributed by atoms with Gasteiger partial charge in [-0.15, -0.1) is 0 Å². The van der Waals surface area contributed by atoms with Gasteiger partial charge in [0.2, 0.25) is 0 Å². The summed E-state index contributed by atoms with van der Waals surface area (Å²) in [6, 6.07) is 17.0. The summed E-state index contributed by atoms with van der Waals surface area (Å²) in [5, 5.41) is 1.60. The number of aromatic amines is 1. The molecule has 0 aliphatic heterocycles. The summed E-state index contributed by atoms with van der Waals surface area (Å²) in [7, 11) is 0. The predicted molar refractivity (Wildman–Crippen MR) is 87.1 cm³/mol. The van der Waals surface area contributed by atoms with Crippen molar-refractivity contribution in [3.63, 3.8) is 0 Å². The van der Waals surface area contributed by atoms with Crippen LogP contribution in [-0.2, 0) is 0 Å². The van der Waals surface area contributed by atoms with E-state index in [0.717, 1.165) is 16.6 Å². The summed E-state index contributed by atoms with van der Waals surface area (Å²) in [6.07, 6.45) is 0. The average Bonchev–Trinajstić information content (AvgIpc) is 2.92. The Hall–Kier alpha value is -2.26. The highest BCUT2D eigenvalue weighted by Crippen LogP contribution is 2.22. The highest BCUT2D eigenvalue weighted by molar-refractivity contribution is 6.31. The van der Waals surface area contributed by atoms with E-state index in [0.29, 0.717) is 17.3 Å². The van der Waals surface area contributed by atoms with Crippen LogP contribution >= 0.6 is 11.6 Å². The zero-order valence-corrected chi connectivity index (χ0v) is 12.4. The first-order valence-electron chi connectivity index (χ1n) is 6.84. The van der Waals surface area contributed by atoms with Gasteiger partial charge in [-0.25, -0.2) is 0 Å². The lowest BCUT2D eigenvalue weighted by molar-refractivity contribution is 0.0984.